The van der Waals surface area contributed by atoms with Crippen LogP contribution in [-0.2, 0) is 22.4 Å². The molecule has 1 amide bonds. The predicted octanol–water partition coefficient (Wildman–Crippen LogP) is 4.27. The summed E-state index contributed by atoms with van der Waals surface area (Å²) in [6.07, 6.45) is 6.42. The number of rotatable bonds is 10. The smallest absolute Gasteiger partial charge is 0.326 e. The molecule has 1 atom stereocenters. The van der Waals surface area contributed by atoms with Gasteiger partial charge in [0, 0.05) is 25.3 Å². The summed E-state index contributed by atoms with van der Waals surface area (Å²) in [6, 6.07) is 8.15. The molecule has 2 heterocycles. The van der Waals surface area contributed by atoms with Crippen molar-refractivity contribution in [1.29, 1.82) is 5.26 Å². The maximum absolute atomic E-state index is 12.7. The van der Waals surface area contributed by atoms with Crippen LogP contribution in [0.1, 0.15) is 64.8 Å². The molecule has 1 aliphatic heterocycles. The number of hydrogen-bond donors (Lipinski definition) is 3. The molecule has 1 aliphatic carbocycles. The first-order valence-corrected chi connectivity index (χ1v) is 12.8. The lowest BCUT2D eigenvalue weighted by Gasteiger charge is -2.35. The molecule has 190 valence electrons. The Labute approximate surface area is 216 Å². The van der Waals surface area contributed by atoms with E-state index < -0.39 is 17.9 Å². The third kappa shape index (κ3) is 6.34. The van der Waals surface area contributed by atoms with Gasteiger partial charge in [-0.3, -0.25) is 4.79 Å². The number of hydrogen-bond acceptors (Lipinski definition) is 6. The summed E-state index contributed by atoms with van der Waals surface area (Å²) >= 11 is 6.16. The largest absolute Gasteiger partial charge is 0.480 e. The predicted molar refractivity (Wildman–Crippen MR) is 136 cm³/mol. The van der Waals surface area contributed by atoms with E-state index in [1.54, 1.807) is 13.0 Å². The lowest BCUT2D eigenvalue weighted by molar-refractivity contribution is -0.140. The quantitative estimate of drug-likeness (QED) is 0.435. The van der Waals surface area contributed by atoms with E-state index in [-0.39, 0.29) is 29.7 Å². The van der Waals surface area contributed by atoms with Gasteiger partial charge in [-0.15, -0.1) is 0 Å². The van der Waals surface area contributed by atoms with Crippen LogP contribution in [0.25, 0.3) is 0 Å². The van der Waals surface area contributed by atoms with Crippen LogP contribution in [0.15, 0.2) is 24.3 Å². The van der Waals surface area contributed by atoms with E-state index in [1.807, 2.05) is 6.07 Å². The molecule has 2 aliphatic rings. The Morgan fingerprint density at radius 1 is 1.36 bits per heavy atom. The summed E-state index contributed by atoms with van der Waals surface area (Å²) in [6.45, 7) is 2.89. The SMILES string of the molecule is Cc1cc(C#N)cc(Cl)c1C(=O)N[C@@H](CCOC1CC(CCc2ccc3c(n2)NCCC3)C1)C(=O)O. The van der Waals surface area contributed by atoms with Crippen molar-refractivity contribution < 1.29 is 19.4 Å². The van der Waals surface area contributed by atoms with E-state index in [2.05, 4.69) is 22.8 Å². The van der Waals surface area contributed by atoms with Gasteiger partial charge < -0.3 is 20.5 Å². The van der Waals surface area contributed by atoms with Gasteiger partial charge in [-0.05, 0) is 80.7 Å². The van der Waals surface area contributed by atoms with Gasteiger partial charge in [0.15, 0.2) is 0 Å². The number of nitrogens with one attached hydrogen (secondary N) is 2. The summed E-state index contributed by atoms with van der Waals surface area (Å²) in [5.41, 5.74) is 3.44. The van der Waals surface area contributed by atoms with Crippen molar-refractivity contribution in [2.45, 2.75) is 64.0 Å². The lowest BCUT2D eigenvalue weighted by atomic mass is 9.79. The van der Waals surface area contributed by atoms with E-state index in [9.17, 15) is 14.7 Å². The fourth-order valence-electron chi connectivity index (χ4n) is 4.84. The highest BCUT2D eigenvalue weighted by molar-refractivity contribution is 6.34. The van der Waals surface area contributed by atoms with Crippen LogP contribution in [0, 0.1) is 24.2 Å². The van der Waals surface area contributed by atoms with Crippen LogP contribution in [0.4, 0.5) is 5.82 Å². The molecule has 8 nitrogen and oxygen atoms in total. The Bertz CT molecular complexity index is 1150. The van der Waals surface area contributed by atoms with Crippen molar-refractivity contribution in [2.75, 3.05) is 18.5 Å². The second-order valence-electron chi connectivity index (χ2n) is 9.62. The van der Waals surface area contributed by atoms with E-state index in [4.69, 9.17) is 26.6 Å². The number of benzene rings is 1. The molecule has 9 heteroatoms. The van der Waals surface area contributed by atoms with Crippen LogP contribution in [0.2, 0.25) is 5.02 Å². The number of carbonyl (C=O) groups is 2. The molecule has 0 saturated heterocycles. The molecule has 0 spiro atoms. The van der Waals surface area contributed by atoms with Crippen molar-refractivity contribution in [1.82, 2.24) is 10.3 Å². The first-order valence-electron chi connectivity index (χ1n) is 12.4. The van der Waals surface area contributed by atoms with Crippen molar-refractivity contribution in [3.63, 3.8) is 0 Å². The Morgan fingerprint density at radius 3 is 2.89 bits per heavy atom. The Balaban J connectivity index is 1.19. The number of aliphatic carboxylic acids is 1. The van der Waals surface area contributed by atoms with Gasteiger partial charge in [0.2, 0.25) is 0 Å². The highest BCUT2D eigenvalue weighted by Crippen LogP contribution is 2.34. The number of anilines is 1. The molecule has 0 radical (unpaired) electrons. The molecular formula is C27H31ClN4O4. The van der Waals surface area contributed by atoms with E-state index >= 15 is 0 Å². The maximum Gasteiger partial charge on any atom is 0.326 e. The monoisotopic (exact) mass is 510 g/mol. The number of fused-ring (bicyclic) bond motifs is 1. The van der Waals surface area contributed by atoms with Crippen molar-refractivity contribution in [2.24, 2.45) is 5.92 Å². The number of ether oxygens (including phenoxy) is 1. The van der Waals surface area contributed by atoms with E-state index in [0.29, 0.717) is 17.0 Å². The highest BCUT2D eigenvalue weighted by Gasteiger charge is 2.30. The van der Waals surface area contributed by atoms with Crippen LogP contribution >= 0.6 is 11.6 Å². The Morgan fingerprint density at radius 2 is 2.17 bits per heavy atom. The molecule has 1 saturated carbocycles. The number of carbonyl (C=O) groups excluding carboxylic acids is 1. The van der Waals surface area contributed by atoms with Gasteiger partial charge >= 0.3 is 5.97 Å². The normalized spacial score (nSPS) is 19.2. The number of aromatic nitrogens is 1. The third-order valence-electron chi connectivity index (χ3n) is 6.96. The molecule has 0 unspecified atom stereocenters. The van der Waals surface area contributed by atoms with Crippen LogP contribution < -0.4 is 10.6 Å². The molecule has 2 aromatic rings. The summed E-state index contributed by atoms with van der Waals surface area (Å²) in [5.74, 6) is -0.0977. The Hall–Kier alpha value is -3.15. The van der Waals surface area contributed by atoms with Crippen molar-refractivity contribution in [3.8, 4) is 6.07 Å². The topological polar surface area (TPSA) is 124 Å². The molecule has 4 rings (SSSR count). The first-order chi connectivity index (χ1) is 17.3. The number of nitrogens with zero attached hydrogens (tertiary/aromatic N) is 2. The lowest BCUT2D eigenvalue weighted by Crippen LogP contribution is -2.42. The molecular weight excluding hydrogens is 480 g/mol. The highest BCUT2D eigenvalue weighted by atomic mass is 35.5. The van der Waals surface area contributed by atoms with E-state index in [1.165, 1.54) is 11.6 Å². The number of aryl methyl sites for hydroxylation is 3. The molecule has 1 aromatic carbocycles. The minimum Gasteiger partial charge on any atom is -0.480 e. The number of carboxylic acids is 1. The van der Waals surface area contributed by atoms with Gasteiger partial charge in [0.1, 0.15) is 11.9 Å². The second-order valence-corrected chi connectivity index (χ2v) is 10.0. The first kappa shape index (κ1) is 25.9. The van der Waals surface area contributed by atoms with Gasteiger partial charge in [-0.25, -0.2) is 9.78 Å². The minimum atomic E-state index is -1.13. The van der Waals surface area contributed by atoms with Crippen molar-refractivity contribution >= 4 is 29.3 Å². The zero-order chi connectivity index (χ0) is 25.7. The maximum atomic E-state index is 12.7. The van der Waals surface area contributed by atoms with Crippen LogP contribution in [0.5, 0.6) is 0 Å². The fourth-order valence-corrected chi connectivity index (χ4v) is 5.20. The van der Waals surface area contributed by atoms with Gasteiger partial charge in [0.25, 0.3) is 5.91 Å². The summed E-state index contributed by atoms with van der Waals surface area (Å²) in [7, 11) is 0. The molecule has 3 N–H and O–H groups in total. The Kier molecular flexibility index (Phi) is 8.44. The second kappa shape index (κ2) is 11.7. The fraction of sp³-hybridized carbons (Fsp3) is 0.481. The zero-order valence-electron chi connectivity index (χ0n) is 20.3. The summed E-state index contributed by atoms with van der Waals surface area (Å²) < 4.78 is 5.88. The minimum absolute atomic E-state index is 0.117. The van der Waals surface area contributed by atoms with Crippen LogP contribution in [0.3, 0.4) is 0 Å². The number of carboxylic acid groups (broad SMARTS) is 1. The molecule has 0 bridgehead atoms. The van der Waals surface area contributed by atoms with Crippen LogP contribution in [-0.4, -0.2) is 47.3 Å². The number of halogens is 1. The number of amides is 1. The molecule has 1 aromatic heterocycles. The third-order valence-corrected chi connectivity index (χ3v) is 7.26. The van der Waals surface area contributed by atoms with Gasteiger partial charge in [-0.1, -0.05) is 17.7 Å². The zero-order valence-corrected chi connectivity index (χ0v) is 21.1. The van der Waals surface area contributed by atoms with Gasteiger partial charge in [0.05, 0.1) is 28.3 Å². The average molecular weight is 511 g/mol. The summed E-state index contributed by atoms with van der Waals surface area (Å²) in [4.78, 5) is 29.1. The number of pyridine rings is 1. The molecule has 36 heavy (non-hydrogen) atoms. The average Bonchev–Trinajstić information content (AvgIpc) is 2.83. The summed E-state index contributed by atoms with van der Waals surface area (Å²) in [5, 5.41) is 24.6. The van der Waals surface area contributed by atoms with Gasteiger partial charge in [-0.2, -0.15) is 5.26 Å². The van der Waals surface area contributed by atoms with Crippen molar-refractivity contribution in [3.05, 3.63) is 57.2 Å². The standard InChI is InChI=1S/C27H31ClN4O4/c1-16-11-18(15-29)14-22(28)24(16)26(33)32-23(27(34)35)8-10-36-21-12-17(13-21)4-6-20-7-5-19-3-2-9-30-25(19)31-20/h5,7,11,14,17,21,23H,2-4,6,8-10,12-13H2,1H3,(H,30,31)(H,32,33)(H,34,35)/t17?,21?,23-/m0/s1. The molecule has 1 fully saturated rings. The van der Waals surface area contributed by atoms with E-state index in [0.717, 1.165) is 56.6 Å². The number of nitriles is 1.